The monoisotopic (exact) mass is 370 g/mol. The molecule has 0 saturated carbocycles. The third-order valence-electron chi connectivity index (χ3n) is 5.31. The molecule has 0 radical (unpaired) electrons. The number of amides is 1. The van der Waals surface area contributed by atoms with E-state index in [1.807, 2.05) is 18.2 Å². The summed E-state index contributed by atoms with van der Waals surface area (Å²) in [6.07, 6.45) is 0.361. The van der Waals surface area contributed by atoms with Gasteiger partial charge in [-0.2, -0.15) is 0 Å². The molecule has 1 amide bonds. The number of benzene rings is 2. The summed E-state index contributed by atoms with van der Waals surface area (Å²) in [6.45, 7) is 2.66. The standard InChI is InChI=1S/C20H19FN2O4/c21-15-5-4-13-9-22(10-14-2-1-3-18-19(14)27-12-26-18)7-6-16-11-25-20(24)23(16)17(13)8-15/h1-5,8,16H,6-7,9-12H2/t16-/m0/s1. The van der Waals surface area contributed by atoms with Gasteiger partial charge < -0.3 is 14.2 Å². The van der Waals surface area contributed by atoms with Crippen LogP contribution in [0.1, 0.15) is 17.5 Å². The van der Waals surface area contributed by atoms with Crippen LogP contribution in [0.25, 0.3) is 0 Å². The second-order valence-corrected chi connectivity index (χ2v) is 7.02. The van der Waals surface area contributed by atoms with E-state index < -0.39 is 6.09 Å². The van der Waals surface area contributed by atoms with Crippen LogP contribution in [0.2, 0.25) is 0 Å². The summed E-state index contributed by atoms with van der Waals surface area (Å²) in [4.78, 5) is 16.1. The van der Waals surface area contributed by atoms with Gasteiger partial charge in [-0.15, -0.1) is 0 Å². The number of hydrogen-bond donors (Lipinski definition) is 0. The Morgan fingerprint density at radius 2 is 2.07 bits per heavy atom. The number of nitrogens with zero attached hydrogens (tertiary/aromatic N) is 2. The van der Waals surface area contributed by atoms with E-state index in [0.29, 0.717) is 25.4 Å². The molecule has 3 aliphatic rings. The van der Waals surface area contributed by atoms with E-state index in [-0.39, 0.29) is 18.7 Å². The Kier molecular flexibility index (Phi) is 3.89. The molecule has 1 atom stereocenters. The highest BCUT2D eigenvalue weighted by Crippen LogP contribution is 2.37. The van der Waals surface area contributed by atoms with E-state index in [0.717, 1.165) is 35.6 Å². The van der Waals surface area contributed by atoms with Gasteiger partial charge >= 0.3 is 6.09 Å². The first-order valence-electron chi connectivity index (χ1n) is 9.03. The molecular formula is C20H19FN2O4. The van der Waals surface area contributed by atoms with Gasteiger partial charge in [0.15, 0.2) is 11.5 Å². The molecule has 1 saturated heterocycles. The maximum Gasteiger partial charge on any atom is 0.414 e. The fraction of sp³-hybridized carbons (Fsp3) is 0.350. The zero-order chi connectivity index (χ0) is 18.4. The highest BCUT2D eigenvalue weighted by molar-refractivity contribution is 5.91. The molecular weight excluding hydrogens is 351 g/mol. The van der Waals surface area contributed by atoms with E-state index in [9.17, 15) is 9.18 Å². The Labute approximate surface area is 156 Å². The molecule has 2 aromatic carbocycles. The first-order valence-corrected chi connectivity index (χ1v) is 9.03. The third-order valence-corrected chi connectivity index (χ3v) is 5.31. The van der Waals surface area contributed by atoms with Crippen LogP contribution in [-0.2, 0) is 17.8 Å². The molecule has 6 nitrogen and oxygen atoms in total. The van der Waals surface area contributed by atoms with Gasteiger partial charge in [-0.1, -0.05) is 18.2 Å². The predicted molar refractivity (Wildman–Crippen MR) is 95.3 cm³/mol. The van der Waals surface area contributed by atoms with Crippen molar-refractivity contribution in [3.8, 4) is 11.5 Å². The van der Waals surface area contributed by atoms with Crippen molar-refractivity contribution in [3.63, 3.8) is 0 Å². The number of rotatable bonds is 2. The smallest absolute Gasteiger partial charge is 0.414 e. The van der Waals surface area contributed by atoms with Gasteiger partial charge in [0, 0.05) is 25.2 Å². The topological polar surface area (TPSA) is 51.2 Å². The summed E-state index contributed by atoms with van der Waals surface area (Å²) < 4.78 is 30.2. The summed E-state index contributed by atoms with van der Waals surface area (Å²) >= 11 is 0. The van der Waals surface area contributed by atoms with Crippen LogP contribution in [0.4, 0.5) is 14.9 Å². The van der Waals surface area contributed by atoms with Crippen molar-refractivity contribution in [2.45, 2.75) is 25.6 Å². The largest absolute Gasteiger partial charge is 0.454 e. The van der Waals surface area contributed by atoms with Crippen LogP contribution in [-0.4, -0.2) is 37.0 Å². The predicted octanol–water partition coefficient (Wildman–Crippen LogP) is 3.29. The van der Waals surface area contributed by atoms with E-state index in [2.05, 4.69) is 4.90 Å². The van der Waals surface area contributed by atoms with Crippen molar-refractivity contribution in [2.24, 2.45) is 0 Å². The zero-order valence-electron chi connectivity index (χ0n) is 14.7. The van der Waals surface area contributed by atoms with Gasteiger partial charge in [-0.25, -0.2) is 9.18 Å². The van der Waals surface area contributed by atoms with Crippen molar-refractivity contribution in [2.75, 3.05) is 24.8 Å². The molecule has 5 rings (SSSR count). The first-order chi connectivity index (χ1) is 13.2. The summed E-state index contributed by atoms with van der Waals surface area (Å²) in [7, 11) is 0. The molecule has 0 unspecified atom stereocenters. The van der Waals surface area contributed by atoms with Crippen LogP contribution in [0, 0.1) is 5.82 Å². The Balaban J connectivity index is 1.47. The van der Waals surface area contributed by atoms with Crippen LogP contribution >= 0.6 is 0 Å². The fourth-order valence-corrected chi connectivity index (χ4v) is 4.01. The van der Waals surface area contributed by atoms with Crippen molar-refractivity contribution in [1.29, 1.82) is 0 Å². The molecule has 140 valence electrons. The molecule has 0 aromatic heterocycles. The van der Waals surface area contributed by atoms with Crippen molar-refractivity contribution >= 4 is 11.8 Å². The summed E-state index contributed by atoms with van der Waals surface area (Å²) in [5.41, 5.74) is 2.57. The van der Waals surface area contributed by atoms with Gasteiger partial charge in [-0.3, -0.25) is 9.80 Å². The highest BCUT2D eigenvalue weighted by Gasteiger charge is 2.37. The van der Waals surface area contributed by atoms with Gasteiger partial charge in [0.2, 0.25) is 6.79 Å². The van der Waals surface area contributed by atoms with Gasteiger partial charge in [0.05, 0.1) is 11.7 Å². The second-order valence-electron chi connectivity index (χ2n) is 7.02. The maximum absolute atomic E-state index is 13.9. The third kappa shape index (κ3) is 2.88. The van der Waals surface area contributed by atoms with Crippen LogP contribution < -0.4 is 14.4 Å². The zero-order valence-corrected chi connectivity index (χ0v) is 14.7. The lowest BCUT2D eigenvalue weighted by Crippen LogP contribution is -2.40. The normalized spacial score (nSPS) is 21.3. The Bertz CT molecular complexity index is 904. The lowest BCUT2D eigenvalue weighted by Gasteiger charge is -2.32. The summed E-state index contributed by atoms with van der Waals surface area (Å²) in [6, 6.07) is 10.4. The summed E-state index contributed by atoms with van der Waals surface area (Å²) in [5, 5.41) is 0. The van der Waals surface area contributed by atoms with Crippen LogP contribution in [0.15, 0.2) is 36.4 Å². The summed E-state index contributed by atoms with van der Waals surface area (Å²) in [5.74, 6) is 1.20. The molecule has 3 heterocycles. The van der Waals surface area contributed by atoms with Gasteiger partial charge in [0.1, 0.15) is 12.4 Å². The number of carbonyl (C=O) groups excluding carboxylic acids is 1. The Morgan fingerprint density at radius 3 is 3.00 bits per heavy atom. The lowest BCUT2D eigenvalue weighted by atomic mass is 10.0. The van der Waals surface area contributed by atoms with Crippen molar-refractivity contribution < 1.29 is 23.4 Å². The van der Waals surface area contributed by atoms with Crippen LogP contribution in [0.5, 0.6) is 11.5 Å². The Hall–Kier alpha value is -2.80. The average molecular weight is 370 g/mol. The number of cyclic esters (lactones) is 1. The molecule has 0 aliphatic carbocycles. The molecule has 2 aromatic rings. The highest BCUT2D eigenvalue weighted by atomic mass is 19.1. The minimum Gasteiger partial charge on any atom is -0.454 e. The number of ether oxygens (including phenoxy) is 3. The number of anilines is 1. The Morgan fingerprint density at radius 1 is 1.15 bits per heavy atom. The SMILES string of the molecule is O=C1OC[C@@H]2CCN(Cc3cccc4c3OCO4)Cc3ccc(F)cc3N12. The number of para-hydroxylation sites is 1. The number of fused-ring (bicyclic) bond motifs is 4. The lowest BCUT2D eigenvalue weighted by molar-refractivity contribution is 0.170. The molecule has 0 spiro atoms. The first kappa shape index (κ1) is 16.4. The average Bonchev–Trinajstić information content (AvgIpc) is 3.26. The van der Waals surface area contributed by atoms with Gasteiger partial charge in [0.25, 0.3) is 0 Å². The minimum atomic E-state index is -0.397. The van der Waals surface area contributed by atoms with Crippen LogP contribution in [0.3, 0.4) is 0 Å². The molecule has 27 heavy (non-hydrogen) atoms. The maximum atomic E-state index is 13.9. The van der Waals surface area contributed by atoms with Crippen molar-refractivity contribution in [3.05, 3.63) is 53.3 Å². The van der Waals surface area contributed by atoms with E-state index in [4.69, 9.17) is 14.2 Å². The van der Waals surface area contributed by atoms with E-state index in [1.165, 1.54) is 12.1 Å². The number of hydrogen-bond acceptors (Lipinski definition) is 5. The quantitative estimate of drug-likeness (QED) is 0.812. The number of carbonyl (C=O) groups is 1. The molecule has 3 aliphatic heterocycles. The fourth-order valence-electron chi connectivity index (χ4n) is 4.01. The van der Waals surface area contributed by atoms with Gasteiger partial charge in [-0.05, 0) is 30.2 Å². The molecule has 7 heteroatoms. The molecule has 0 bridgehead atoms. The van der Waals surface area contributed by atoms with E-state index >= 15 is 0 Å². The van der Waals surface area contributed by atoms with Crippen molar-refractivity contribution in [1.82, 2.24) is 4.90 Å². The number of halogens is 1. The second kappa shape index (κ2) is 6.42. The van der Waals surface area contributed by atoms with E-state index in [1.54, 1.807) is 11.0 Å². The minimum absolute atomic E-state index is 0.0816. The molecule has 0 N–H and O–H groups in total. The molecule has 1 fully saturated rings.